The molecule has 1 N–H and O–H groups in total. The minimum atomic E-state index is 0.558. The minimum Gasteiger partial charge on any atom is -0.316 e. The van der Waals surface area contributed by atoms with E-state index < -0.39 is 0 Å². The van der Waals surface area contributed by atoms with Gasteiger partial charge in [0.1, 0.15) is 0 Å². The molecule has 2 heteroatoms. The van der Waals surface area contributed by atoms with Crippen LogP contribution in [0.15, 0.2) is 0 Å². The number of likely N-dealkylation sites (tertiary alicyclic amines) is 1. The van der Waals surface area contributed by atoms with Crippen LogP contribution in [-0.2, 0) is 0 Å². The van der Waals surface area contributed by atoms with Crippen LogP contribution < -0.4 is 5.32 Å². The van der Waals surface area contributed by atoms with Gasteiger partial charge < -0.3 is 10.2 Å². The van der Waals surface area contributed by atoms with Crippen LogP contribution in [-0.4, -0.2) is 37.6 Å². The van der Waals surface area contributed by atoms with E-state index in [1.54, 1.807) is 0 Å². The molecule has 1 aliphatic heterocycles. The topological polar surface area (TPSA) is 15.3 Å². The molecule has 2 aliphatic rings. The largest absolute Gasteiger partial charge is 0.316 e. The molecule has 2 rings (SSSR count). The Hall–Kier alpha value is -0.0800. The molecule has 0 aromatic rings. The molecule has 2 nitrogen and oxygen atoms in total. The highest BCUT2D eigenvalue weighted by Crippen LogP contribution is 2.41. The molecule has 0 aromatic heterocycles. The Morgan fingerprint density at radius 2 is 1.67 bits per heavy atom. The second kappa shape index (κ2) is 7.46. The summed E-state index contributed by atoms with van der Waals surface area (Å²) in [5.41, 5.74) is 1.18. The Labute approximate surface area is 133 Å². The standard InChI is InChI=1S/C19H38N2/c1-5-18(4)11-13-21(14-12-18)16-19(15-20-6-2)9-7-17(3)8-10-19/h17,20H,5-16H2,1-4H3. The Balaban J connectivity index is 1.90. The monoisotopic (exact) mass is 294 g/mol. The first-order valence-electron chi connectivity index (χ1n) is 9.44. The van der Waals surface area contributed by atoms with Gasteiger partial charge in [-0.25, -0.2) is 0 Å². The number of rotatable bonds is 6. The smallest absolute Gasteiger partial charge is 0.00501 e. The fourth-order valence-electron chi connectivity index (χ4n) is 4.23. The summed E-state index contributed by atoms with van der Waals surface area (Å²) in [5, 5.41) is 3.66. The molecule has 0 atom stereocenters. The average Bonchev–Trinajstić information content (AvgIpc) is 2.51. The average molecular weight is 295 g/mol. The molecular weight excluding hydrogens is 256 g/mol. The third-order valence-corrected chi connectivity index (χ3v) is 6.56. The lowest BCUT2D eigenvalue weighted by Gasteiger charge is -2.46. The van der Waals surface area contributed by atoms with Gasteiger partial charge in [-0.1, -0.05) is 47.0 Å². The fraction of sp³-hybridized carbons (Fsp3) is 1.00. The van der Waals surface area contributed by atoms with Crippen molar-refractivity contribution in [2.24, 2.45) is 16.7 Å². The summed E-state index contributed by atoms with van der Waals surface area (Å²) in [5.74, 6) is 0.949. The second-order valence-electron chi connectivity index (χ2n) is 8.40. The zero-order chi connectivity index (χ0) is 15.3. The normalized spacial score (nSPS) is 34.0. The highest BCUT2D eigenvalue weighted by atomic mass is 15.1. The van der Waals surface area contributed by atoms with Crippen molar-refractivity contribution in [3.05, 3.63) is 0 Å². The predicted octanol–water partition coefficient (Wildman–Crippen LogP) is 4.30. The van der Waals surface area contributed by atoms with Crippen molar-refractivity contribution in [1.82, 2.24) is 10.2 Å². The van der Waals surface area contributed by atoms with Crippen LogP contribution in [0.25, 0.3) is 0 Å². The zero-order valence-corrected chi connectivity index (χ0v) is 15.0. The van der Waals surface area contributed by atoms with Gasteiger partial charge >= 0.3 is 0 Å². The van der Waals surface area contributed by atoms with Gasteiger partial charge in [-0.2, -0.15) is 0 Å². The number of nitrogens with zero attached hydrogens (tertiary/aromatic N) is 1. The lowest BCUT2D eigenvalue weighted by Crippen LogP contribution is -2.49. The van der Waals surface area contributed by atoms with Gasteiger partial charge in [0.2, 0.25) is 0 Å². The predicted molar refractivity (Wildman–Crippen MR) is 92.7 cm³/mol. The summed E-state index contributed by atoms with van der Waals surface area (Å²) in [6.07, 6.45) is 9.89. The highest BCUT2D eigenvalue weighted by Gasteiger charge is 2.37. The molecule has 0 spiro atoms. The van der Waals surface area contributed by atoms with Gasteiger partial charge in [0.15, 0.2) is 0 Å². The lowest BCUT2D eigenvalue weighted by atomic mass is 9.69. The van der Waals surface area contributed by atoms with Crippen molar-refractivity contribution in [3.63, 3.8) is 0 Å². The van der Waals surface area contributed by atoms with E-state index in [0.717, 1.165) is 12.5 Å². The highest BCUT2D eigenvalue weighted by molar-refractivity contribution is 4.91. The summed E-state index contributed by atoms with van der Waals surface area (Å²) in [7, 11) is 0. The third-order valence-electron chi connectivity index (χ3n) is 6.56. The first-order valence-corrected chi connectivity index (χ1v) is 9.44. The first-order chi connectivity index (χ1) is 10.0. The van der Waals surface area contributed by atoms with E-state index >= 15 is 0 Å². The van der Waals surface area contributed by atoms with Gasteiger partial charge in [0.05, 0.1) is 0 Å². The summed E-state index contributed by atoms with van der Waals surface area (Å²) in [4.78, 5) is 2.78. The van der Waals surface area contributed by atoms with Crippen LogP contribution >= 0.6 is 0 Å². The van der Waals surface area contributed by atoms with Crippen molar-refractivity contribution in [2.45, 2.75) is 72.6 Å². The van der Waals surface area contributed by atoms with Crippen LogP contribution in [0.4, 0.5) is 0 Å². The Morgan fingerprint density at radius 1 is 1.05 bits per heavy atom. The Kier molecular flexibility index (Phi) is 6.14. The molecule has 1 aliphatic carbocycles. The summed E-state index contributed by atoms with van der Waals surface area (Å²) in [6.45, 7) is 15.9. The van der Waals surface area contributed by atoms with E-state index in [1.165, 1.54) is 71.1 Å². The Bertz CT molecular complexity index is 291. The SMILES string of the molecule is CCNCC1(CN2CCC(C)(CC)CC2)CCC(C)CC1. The second-order valence-corrected chi connectivity index (χ2v) is 8.40. The van der Waals surface area contributed by atoms with E-state index in [2.05, 4.69) is 37.9 Å². The summed E-state index contributed by atoms with van der Waals surface area (Å²) in [6, 6.07) is 0. The van der Waals surface area contributed by atoms with Gasteiger partial charge in [-0.3, -0.25) is 0 Å². The maximum Gasteiger partial charge on any atom is 0.00501 e. The molecule has 1 heterocycles. The van der Waals surface area contributed by atoms with Crippen molar-refractivity contribution in [1.29, 1.82) is 0 Å². The zero-order valence-electron chi connectivity index (χ0n) is 15.0. The van der Waals surface area contributed by atoms with E-state index in [-0.39, 0.29) is 0 Å². The lowest BCUT2D eigenvalue weighted by molar-refractivity contribution is 0.0452. The van der Waals surface area contributed by atoms with Gasteiger partial charge in [0, 0.05) is 13.1 Å². The van der Waals surface area contributed by atoms with Crippen molar-refractivity contribution >= 4 is 0 Å². The maximum atomic E-state index is 3.66. The molecule has 0 unspecified atom stereocenters. The number of hydrogen-bond donors (Lipinski definition) is 1. The van der Waals surface area contributed by atoms with Crippen LogP contribution in [0.2, 0.25) is 0 Å². The summed E-state index contributed by atoms with van der Waals surface area (Å²) >= 11 is 0. The Morgan fingerprint density at radius 3 is 2.19 bits per heavy atom. The summed E-state index contributed by atoms with van der Waals surface area (Å²) < 4.78 is 0. The van der Waals surface area contributed by atoms with Gasteiger partial charge in [0.25, 0.3) is 0 Å². The van der Waals surface area contributed by atoms with Crippen LogP contribution in [0.1, 0.15) is 72.6 Å². The molecule has 0 aromatic carbocycles. The molecule has 2 fully saturated rings. The van der Waals surface area contributed by atoms with Crippen LogP contribution in [0.3, 0.4) is 0 Å². The third kappa shape index (κ3) is 4.69. The molecule has 0 radical (unpaired) electrons. The molecule has 124 valence electrons. The molecule has 21 heavy (non-hydrogen) atoms. The van der Waals surface area contributed by atoms with Gasteiger partial charge in [-0.15, -0.1) is 0 Å². The first kappa shape index (κ1) is 17.3. The van der Waals surface area contributed by atoms with Gasteiger partial charge in [-0.05, 0) is 62.1 Å². The maximum absolute atomic E-state index is 3.66. The molecular formula is C19H38N2. The fourth-order valence-corrected chi connectivity index (χ4v) is 4.23. The minimum absolute atomic E-state index is 0.558. The van der Waals surface area contributed by atoms with Crippen molar-refractivity contribution in [2.75, 3.05) is 32.7 Å². The van der Waals surface area contributed by atoms with Crippen molar-refractivity contribution < 1.29 is 0 Å². The number of hydrogen-bond acceptors (Lipinski definition) is 2. The van der Waals surface area contributed by atoms with E-state index in [1.807, 2.05) is 0 Å². The van der Waals surface area contributed by atoms with Crippen LogP contribution in [0, 0.1) is 16.7 Å². The molecule has 1 saturated heterocycles. The van der Waals surface area contributed by atoms with E-state index in [4.69, 9.17) is 0 Å². The van der Waals surface area contributed by atoms with E-state index in [0.29, 0.717) is 10.8 Å². The molecule has 0 bridgehead atoms. The quantitative estimate of drug-likeness (QED) is 0.785. The number of piperidine rings is 1. The van der Waals surface area contributed by atoms with Crippen LogP contribution in [0.5, 0.6) is 0 Å². The molecule has 1 saturated carbocycles. The van der Waals surface area contributed by atoms with E-state index in [9.17, 15) is 0 Å². The van der Waals surface area contributed by atoms with Crippen molar-refractivity contribution in [3.8, 4) is 0 Å². The molecule has 0 amide bonds. The number of nitrogens with one attached hydrogen (secondary N) is 1.